The van der Waals surface area contributed by atoms with Crippen LogP contribution in [0.15, 0.2) is 30.3 Å². The molecule has 0 atom stereocenters. The topological polar surface area (TPSA) is 52.6 Å². The van der Waals surface area contributed by atoms with Crippen molar-refractivity contribution >= 4 is 12.3 Å². The molecule has 1 rings (SSSR count). The second kappa shape index (κ2) is 10.7. The number of carbonyl (C=O) groups excluding carboxylic acids is 2. The fourth-order valence-electron chi connectivity index (χ4n) is 0.899. The number of ether oxygens (including phenoxy) is 2. The smallest absolute Gasteiger partial charge is 0.313 e. The molecule has 0 spiro atoms. The zero-order chi connectivity index (χ0) is 12.9. The minimum absolute atomic E-state index is 0.125. The van der Waals surface area contributed by atoms with Crippen molar-refractivity contribution in [3.63, 3.8) is 0 Å². The van der Waals surface area contributed by atoms with Crippen LogP contribution in [-0.4, -0.2) is 26.0 Å². The van der Waals surface area contributed by atoms with Crippen LogP contribution in [0.1, 0.15) is 19.8 Å². The monoisotopic (exact) mass is 238 g/mol. The SMILES string of the molecule is CCCOC(=O)CC=O.COc1ccccc1. The van der Waals surface area contributed by atoms with Gasteiger partial charge in [-0.25, -0.2) is 0 Å². The zero-order valence-electron chi connectivity index (χ0n) is 10.2. The van der Waals surface area contributed by atoms with E-state index in [9.17, 15) is 9.59 Å². The summed E-state index contributed by atoms with van der Waals surface area (Å²) in [6, 6.07) is 9.68. The largest absolute Gasteiger partial charge is 0.497 e. The minimum Gasteiger partial charge on any atom is -0.497 e. The first-order chi connectivity index (χ1) is 8.24. The maximum absolute atomic E-state index is 10.3. The Kier molecular flexibility index (Phi) is 9.52. The quantitative estimate of drug-likeness (QED) is 0.448. The standard InChI is InChI=1S/C7H8O.C6H10O3/c1-8-7-5-3-2-4-6-7;1-2-5-9-6(8)3-4-7/h2-6H,1H3;4H,2-3,5H2,1H3. The summed E-state index contributed by atoms with van der Waals surface area (Å²) in [5.41, 5.74) is 0. The highest BCUT2D eigenvalue weighted by Crippen LogP contribution is 2.05. The lowest BCUT2D eigenvalue weighted by Gasteiger charge is -1.96. The molecule has 0 heterocycles. The molecule has 1 aromatic carbocycles. The van der Waals surface area contributed by atoms with Gasteiger partial charge in [-0.2, -0.15) is 0 Å². The second-order valence-corrected chi connectivity index (χ2v) is 3.11. The van der Waals surface area contributed by atoms with E-state index in [4.69, 9.17) is 4.74 Å². The summed E-state index contributed by atoms with van der Waals surface area (Å²) < 4.78 is 9.48. The Morgan fingerprint density at radius 1 is 1.29 bits per heavy atom. The Morgan fingerprint density at radius 2 is 1.94 bits per heavy atom. The minimum atomic E-state index is -0.438. The van der Waals surface area contributed by atoms with Gasteiger partial charge in [0.05, 0.1) is 13.7 Å². The van der Waals surface area contributed by atoms with E-state index >= 15 is 0 Å². The number of para-hydroxylation sites is 1. The highest BCUT2D eigenvalue weighted by atomic mass is 16.5. The summed E-state index contributed by atoms with van der Waals surface area (Å²) in [5.74, 6) is 0.472. The van der Waals surface area contributed by atoms with E-state index < -0.39 is 5.97 Å². The fourth-order valence-corrected chi connectivity index (χ4v) is 0.899. The first kappa shape index (κ1) is 15.2. The lowest BCUT2D eigenvalue weighted by molar-refractivity contribution is -0.144. The van der Waals surface area contributed by atoms with E-state index in [-0.39, 0.29) is 6.42 Å². The van der Waals surface area contributed by atoms with Crippen LogP contribution in [0.4, 0.5) is 0 Å². The van der Waals surface area contributed by atoms with Gasteiger partial charge in [0.25, 0.3) is 0 Å². The van der Waals surface area contributed by atoms with Crippen molar-refractivity contribution in [2.45, 2.75) is 19.8 Å². The Balaban J connectivity index is 0.000000302. The first-order valence-corrected chi connectivity index (χ1v) is 5.42. The molecular weight excluding hydrogens is 220 g/mol. The van der Waals surface area contributed by atoms with E-state index in [1.807, 2.05) is 37.3 Å². The summed E-state index contributed by atoms with van der Waals surface area (Å²) in [4.78, 5) is 20.0. The molecule has 0 bridgehead atoms. The van der Waals surface area contributed by atoms with Crippen LogP contribution >= 0.6 is 0 Å². The third-order valence-corrected chi connectivity index (χ3v) is 1.70. The normalized spacial score (nSPS) is 8.59. The molecule has 0 saturated carbocycles. The van der Waals surface area contributed by atoms with E-state index in [1.54, 1.807) is 7.11 Å². The van der Waals surface area contributed by atoms with Gasteiger partial charge in [0, 0.05) is 0 Å². The Morgan fingerprint density at radius 3 is 2.35 bits per heavy atom. The van der Waals surface area contributed by atoms with Crippen molar-refractivity contribution < 1.29 is 19.1 Å². The van der Waals surface area contributed by atoms with E-state index in [0.717, 1.165) is 12.2 Å². The summed E-state index contributed by atoms with van der Waals surface area (Å²) in [6.07, 6.45) is 1.21. The fraction of sp³-hybridized carbons (Fsp3) is 0.385. The number of hydrogen-bond donors (Lipinski definition) is 0. The lowest BCUT2D eigenvalue weighted by atomic mass is 10.3. The molecule has 0 aliphatic heterocycles. The molecule has 4 heteroatoms. The molecule has 0 aliphatic rings. The molecule has 17 heavy (non-hydrogen) atoms. The Bertz CT molecular complexity index is 308. The van der Waals surface area contributed by atoms with Gasteiger partial charge in [-0.05, 0) is 18.6 Å². The molecule has 1 aromatic rings. The van der Waals surface area contributed by atoms with Crippen LogP contribution < -0.4 is 4.74 Å². The molecule has 94 valence electrons. The van der Waals surface area contributed by atoms with Crippen molar-refractivity contribution in [3.05, 3.63) is 30.3 Å². The molecule has 0 amide bonds. The highest BCUT2D eigenvalue weighted by molar-refractivity contribution is 5.83. The lowest BCUT2D eigenvalue weighted by Crippen LogP contribution is -2.04. The van der Waals surface area contributed by atoms with Crippen molar-refractivity contribution in [1.82, 2.24) is 0 Å². The van der Waals surface area contributed by atoms with Gasteiger partial charge in [-0.15, -0.1) is 0 Å². The highest BCUT2D eigenvalue weighted by Gasteiger charge is 1.97. The maximum atomic E-state index is 10.3. The van der Waals surface area contributed by atoms with Crippen molar-refractivity contribution in [2.24, 2.45) is 0 Å². The average molecular weight is 238 g/mol. The number of benzene rings is 1. The third-order valence-electron chi connectivity index (χ3n) is 1.70. The predicted octanol–water partition coefficient (Wildman–Crippen LogP) is 2.22. The number of esters is 1. The first-order valence-electron chi connectivity index (χ1n) is 5.42. The summed E-state index contributed by atoms with van der Waals surface area (Å²) >= 11 is 0. The van der Waals surface area contributed by atoms with E-state index in [0.29, 0.717) is 12.9 Å². The molecular formula is C13H18O4. The zero-order valence-corrected chi connectivity index (χ0v) is 10.2. The molecule has 0 fully saturated rings. The number of aldehydes is 1. The molecule has 0 N–H and O–H groups in total. The summed E-state index contributed by atoms with van der Waals surface area (Å²) in [7, 11) is 1.66. The van der Waals surface area contributed by atoms with Crippen LogP contribution in [0.25, 0.3) is 0 Å². The Hall–Kier alpha value is -1.84. The van der Waals surface area contributed by atoms with Crippen LogP contribution in [0.2, 0.25) is 0 Å². The number of hydrogen-bond acceptors (Lipinski definition) is 4. The van der Waals surface area contributed by atoms with Gasteiger partial charge in [0.15, 0.2) is 0 Å². The molecule has 0 unspecified atom stereocenters. The van der Waals surface area contributed by atoms with Gasteiger partial charge >= 0.3 is 5.97 Å². The van der Waals surface area contributed by atoms with Gasteiger partial charge in [0.2, 0.25) is 0 Å². The molecule has 0 aromatic heterocycles. The van der Waals surface area contributed by atoms with Crippen LogP contribution in [-0.2, 0) is 14.3 Å². The van der Waals surface area contributed by atoms with Gasteiger partial charge < -0.3 is 14.3 Å². The van der Waals surface area contributed by atoms with Gasteiger partial charge in [0.1, 0.15) is 18.5 Å². The molecule has 0 saturated heterocycles. The van der Waals surface area contributed by atoms with Crippen LogP contribution in [0, 0.1) is 0 Å². The predicted molar refractivity (Wildman–Crippen MR) is 64.9 cm³/mol. The average Bonchev–Trinajstić information content (AvgIpc) is 2.38. The van der Waals surface area contributed by atoms with Crippen molar-refractivity contribution in [2.75, 3.05) is 13.7 Å². The number of carbonyl (C=O) groups is 2. The summed E-state index contributed by atoms with van der Waals surface area (Å²) in [6.45, 7) is 2.31. The second-order valence-electron chi connectivity index (χ2n) is 3.11. The van der Waals surface area contributed by atoms with E-state index in [1.165, 1.54) is 0 Å². The third kappa shape index (κ3) is 9.11. The summed E-state index contributed by atoms with van der Waals surface area (Å²) in [5, 5.41) is 0. The Labute approximate surface area is 102 Å². The molecule has 4 nitrogen and oxygen atoms in total. The van der Waals surface area contributed by atoms with Crippen LogP contribution in [0.3, 0.4) is 0 Å². The van der Waals surface area contributed by atoms with Crippen LogP contribution in [0.5, 0.6) is 5.75 Å². The van der Waals surface area contributed by atoms with Gasteiger partial charge in [-0.1, -0.05) is 25.1 Å². The molecule has 0 radical (unpaired) electrons. The number of rotatable bonds is 5. The van der Waals surface area contributed by atoms with Gasteiger partial charge in [-0.3, -0.25) is 4.79 Å². The number of methoxy groups -OCH3 is 1. The van der Waals surface area contributed by atoms with E-state index in [2.05, 4.69) is 4.74 Å². The maximum Gasteiger partial charge on any atom is 0.313 e. The van der Waals surface area contributed by atoms with Crippen molar-refractivity contribution in [3.8, 4) is 5.75 Å². The van der Waals surface area contributed by atoms with Crippen molar-refractivity contribution in [1.29, 1.82) is 0 Å². The molecule has 0 aliphatic carbocycles.